The Balaban J connectivity index is 4.06. The Kier molecular flexibility index (Phi) is 16.0. The van der Waals surface area contributed by atoms with Crippen LogP contribution in [0, 0.1) is 0 Å². The number of hydrogen-bond donors (Lipinski definition) is 0. The molecule has 0 N–H and O–H groups in total. The summed E-state index contributed by atoms with van der Waals surface area (Å²) in [5, 5.41) is 0. The Labute approximate surface area is 162 Å². The van der Waals surface area contributed by atoms with E-state index in [9.17, 15) is 0 Å². The monoisotopic (exact) mass is 381 g/mol. The molecule has 3 heteroatoms. The molecule has 0 amide bonds. The van der Waals surface area contributed by atoms with E-state index < -0.39 is 17.2 Å². The Hall–Kier alpha value is -0.126. The molecule has 148 valence electrons. The van der Waals surface area contributed by atoms with E-state index in [0.717, 1.165) is 0 Å². The van der Waals surface area contributed by atoms with Crippen molar-refractivity contribution < 1.29 is 0 Å². The van der Waals surface area contributed by atoms with Crippen LogP contribution in [0.1, 0.15) is 90.9 Å². The summed E-state index contributed by atoms with van der Waals surface area (Å²) in [6.07, 6.45) is 21.4. The van der Waals surface area contributed by atoms with Crippen LogP contribution in [0.25, 0.3) is 0 Å². The maximum atomic E-state index is 2.76. The predicted molar refractivity (Wildman–Crippen MR) is 123 cm³/mol. The zero-order chi connectivity index (χ0) is 19.0. The van der Waals surface area contributed by atoms with Crippen LogP contribution in [-0.2, 0) is 0 Å². The van der Waals surface area contributed by atoms with E-state index in [1.807, 2.05) is 0 Å². The Morgan fingerprint density at radius 3 is 1.76 bits per heavy atom. The van der Waals surface area contributed by atoms with Gasteiger partial charge in [0.15, 0.2) is 0 Å². The molecule has 0 aromatic heterocycles. The van der Waals surface area contributed by atoms with E-state index >= 15 is 0 Å². The maximum absolute atomic E-state index is 2.76. The van der Waals surface area contributed by atoms with Gasteiger partial charge in [0.25, 0.3) is 0 Å². The molecule has 0 saturated heterocycles. The lowest BCUT2D eigenvalue weighted by Crippen LogP contribution is -2.51. The summed E-state index contributed by atoms with van der Waals surface area (Å²) in [5.74, 6) is 0. The second kappa shape index (κ2) is 16.1. The van der Waals surface area contributed by atoms with Crippen molar-refractivity contribution in [3.8, 4) is 0 Å². The molecular weight excluding hydrogens is 334 g/mol. The molecule has 1 atom stereocenters. The fourth-order valence-electron chi connectivity index (χ4n) is 3.17. The number of unbranched alkanes of at least 4 members (excludes halogenated alkanes) is 10. The molecule has 0 saturated carbocycles. The zero-order valence-electron chi connectivity index (χ0n) is 18.3. The van der Waals surface area contributed by atoms with Crippen molar-refractivity contribution in [1.29, 1.82) is 0 Å². The second-order valence-electron chi connectivity index (χ2n) is 8.24. The maximum Gasteiger partial charge on any atom is 0.139 e. The lowest BCUT2D eigenvalue weighted by Gasteiger charge is -2.34. The third kappa shape index (κ3) is 13.7. The van der Waals surface area contributed by atoms with Crippen LogP contribution in [0.2, 0.25) is 19.6 Å². The first kappa shape index (κ1) is 24.9. The molecule has 0 aromatic carbocycles. The van der Waals surface area contributed by atoms with Crippen LogP contribution in [0.5, 0.6) is 0 Å². The normalized spacial score (nSPS) is 14.2. The molecule has 0 radical (unpaired) electrons. The topological polar surface area (TPSA) is 3.24 Å². The van der Waals surface area contributed by atoms with Gasteiger partial charge >= 0.3 is 0 Å². The van der Waals surface area contributed by atoms with Crippen molar-refractivity contribution >= 4 is 17.2 Å². The van der Waals surface area contributed by atoms with Gasteiger partial charge in [-0.2, -0.15) is 0 Å². The molecule has 0 heterocycles. The van der Waals surface area contributed by atoms with Crippen molar-refractivity contribution in [2.75, 3.05) is 7.05 Å². The van der Waals surface area contributed by atoms with Crippen molar-refractivity contribution in [3.63, 3.8) is 0 Å². The standard InChI is InChI=1S/C22H47NSi2/c1-7-9-11-13-15-17-19-21-24(4)23(3)25(5,6)22-20-18-16-14-12-10-8-2/h19-22,24H,7-18H2,1-6H3/b21-19+,22-20+. The highest BCUT2D eigenvalue weighted by atomic mass is 28.4. The fourth-order valence-corrected chi connectivity index (χ4v) is 9.71. The predicted octanol–water partition coefficient (Wildman–Crippen LogP) is 7.39. The minimum atomic E-state index is -1.37. The largest absolute Gasteiger partial charge is 0.345 e. The van der Waals surface area contributed by atoms with Crippen LogP contribution in [0.15, 0.2) is 23.6 Å². The van der Waals surface area contributed by atoms with E-state index in [2.05, 4.69) is 68.3 Å². The Morgan fingerprint density at radius 1 is 0.760 bits per heavy atom. The number of hydrogen-bond acceptors (Lipinski definition) is 1. The van der Waals surface area contributed by atoms with Crippen molar-refractivity contribution in [1.82, 2.24) is 4.23 Å². The Bertz CT molecular complexity index is 350. The van der Waals surface area contributed by atoms with E-state index in [4.69, 9.17) is 0 Å². The van der Waals surface area contributed by atoms with E-state index in [1.165, 1.54) is 77.0 Å². The van der Waals surface area contributed by atoms with E-state index in [-0.39, 0.29) is 0 Å². The fraction of sp³-hybridized carbons (Fsp3) is 0.818. The summed E-state index contributed by atoms with van der Waals surface area (Å²) in [7, 11) is 0.110. The summed E-state index contributed by atoms with van der Waals surface area (Å²) in [6.45, 7) is 12.1. The highest BCUT2D eigenvalue weighted by molar-refractivity contribution is 6.88. The van der Waals surface area contributed by atoms with Gasteiger partial charge in [-0.25, -0.2) is 0 Å². The van der Waals surface area contributed by atoms with Gasteiger partial charge in [0, 0.05) is 0 Å². The number of nitrogens with zero attached hydrogens (tertiary/aromatic N) is 1. The molecule has 0 aliphatic rings. The van der Waals surface area contributed by atoms with Crippen LogP contribution >= 0.6 is 0 Å². The molecule has 0 fully saturated rings. The van der Waals surface area contributed by atoms with Gasteiger partial charge in [0.2, 0.25) is 0 Å². The van der Waals surface area contributed by atoms with Gasteiger partial charge in [-0.15, -0.1) is 0 Å². The molecular formula is C22H47NSi2. The number of rotatable bonds is 16. The summed E-state index contributed by atoms with van der Waals surface area (Å²) < 4.78 is 2.76. The van der Waals surface area contributed by atoms with Crippen molar-refractivity contribution in [2.45, 2.75) is 111 Å². The average Bonchev–Trinajstić information content (AvgIpc) is 2.59. The summed E-state index contributed by atoms with van der Waals surface area (Å²) >= 11 is 0. The summed E-state index contributed by atoms with van der Waals surface area (Å²) in [6, 6.07) is 0. The van der Waals surface area contributed by atoms with Gasteiger partial charge in [0.05, 0.1) is 0 Å². The zero-order valence-corrected chi connectivity index (χ0v) is 20.5. The summed E-state index contributed by atoms with van der Waals surface area (Å²) in [5.41, 5.74) is 5.14. The molecule has 1 unspecified atom stereocenters. The SMILES string of the molecule is CCCCCCC/C=C/[SiH](C)N(C)[Si](C)(C)/C=C/CCCCCCC. The van der Waals surface area contributed by atoms with Crippen molar-refractivity contribution in [3.05, 3.63) is 23.6 Å². The van der Waals surface area contributed by atoms with Gasteiger partial charge in [0.1, 0.15) is 17.2 Å². The first-order valence-corrected chi connectivity index (χ1v) is 16.4. The van der Waals surface area contributed by atoms with Crippen molar-refractivity contribution in [2.24, 2.45) is 0 Å². The third-order valence-corrected chi connectivity index (χ3v) is 13.5. The second-order valence-corrected chi connectivity index (χ2v) is 15.7. The molecule has 1 nitrogen and oxygen atoms in total. The first-order valence-electron chi connectivity index (χ1n) is 11.0. The quantitative estimate of drug-likeness (QED) is 0.199. The van der Waals surface area contributed by atoms with Gasteiger partial charge in [-0.1, -0.05) is 108 Å². The van der Waals surface area contributed by atoms with Gasteiger partial charge in [-0.05, 0) is 32.7 Å². The molecule has 0 rings (SSSR count). The lowest BCUT2D eigenvalue weighted by molar-refractivity contribution is 0.637. The van der Waals surface area contributed by atoms with E-state index in [1.54, 1.807) is 0 Å². The minimum absolute atomic E-state index is 0.897. The molecule has 25 heavy (non-hydrogen) atoms. The van der Waals surface area contributed by atoms with E-state index in [0.29, 0.717) is 0 Å². The molecule has 0 aliphatic carbocycles. The minimum Gasteiger partial charge on any atom is -0.345 e. The lowest BCUT2D eigenvalue weighted by atomic mass is 10.1. The third-order valence-electron chi connectivity index (χ3n) is 5.41. The molecule has 0 aromatic rings. The smallest absolute Gasteiger partial charge is 0.139 e. The highest BCUT2D eigenvalue weighted by Gasteiger charge is 2.26. The molecule has 0 bridgehead atoms. The number of allylic oxidation sites excluding steroid dienone is 2. The molecule has 0 aliphatic heterocycles. The van der Waals surface area contributed by atoms with Crippen LogP contribution in [0.4, 0.5) is 0 Å². The molecule has 0 spiro atoms. The van der Waals surface area contributed by atoms with Crippen LogP contribution in [0.3, 0.4) is 0 Å². The first-order chi connectivity index (χ1) is 12.0. The Morgan fingerprint density at radius 2 is 1.24 bits per heavy atom. The van der Waals surface area contributed by atoms with Gasteiger partial charge in [-0.3, -0.25) is 0 Å². The van der Waals surface area contributed by atoms with Crippen LogP contribution in [-0.4, -0.2) is 28.5 Å². The van der Waals surface area contributed by atoms with Gasteiger partial charge < -0.3 is 4.23 Å². The van der Waals surface area contributed by atoms with Crippen LogP contribution < -0.4 is 0 Å². The highest BCUT2D eigenvalue weighted by Crippen LogP contribution is 2.14. The average molecular weight is 382 g/mol. The summed E-state index contributed by atoms with van der Waals surface area (Å²) in [4.78, 5) is 0.